The second-order valence-corrected chi connectivity index (χ2v) is 9.40. The van der Waals surface area contributed by atoms with Gasteiger partial charge in [0.1, 0.15) is 0 Å². The molecule has 0 saturated carbocycles. The van der Waals surface area contributed by atoms with Crippen LogP contribution < -0.4 is 10.2 Å². The zero-order valence-electron chi connectivity index (χ0n) is 15.4. The summed E-state index contributed by atoms with van der Waals surface area (Å²) in [6.45, 7) is 7.50. The highest BCUT2D eigenvalue weighted by Gasteiger charge is 2.52. The Balaban J connectivity index is 1.91. The number of halogens is 2. The molecule has 1 heterocycles. The first-order valence-corrected chi connectivity index (χ1v) is 10.2. The van der Waals surface area contributed by atoms with Crippen LogP contribution in [-0.4, -0.2) is 26.7 Å². The SMILES string of the molecule is CC1(C)OB(c2ccc(NS(=O)(=O)c3ccccc3)c(F)c2Cl)OC1(C)C. The standard InChI is InChI=1S/C18H20BClFNO4S/c1-17(2)18(3,4)26-19(25-17)13-10-11-14(16(21)15(13)20)22-27(23,24)12-8-6-5-7-9-12/h5-11,22H,1-4H3. The lowest BCUT2D eigenvalue weighted by molar-refractivity contribution is 0.00578. The Labute approximate surface area is 164 Å². The summed E-state index contributed by atoms with van der Waals surface area (Å²) in [5.41, 5.74) is -1.16. The van der Waals surface area contributed by atoms with Gasteiger partial charge in [-0.05, 0) is 45.9 Å². The van der Waals surface area contributed by atoms with Crippen molar-refractivity contribution in [1.29, 1.82) is 0 Å². The average Bonchev–Trinajstić information content (AvgIpc) is 2.80. The van der Waals surface area contributed by atoms with E-state index in [1.54, 1.807) is 18.2 Å². The molecular weight excluding hydrogens is 392 g/mol. The lowest BCUT2D eigenvalue weighted by Crippen LogP contribution is -2.41. The minimum absolute atomic E-state index is 0.0237. The van der Waals surface area contributed by atoms with Gasteiger partial charge in [-0.1, -0.05) is 35.9 Å². The van der Waals surface area contributed by atoms with Crippen molar-refractivity contribution in [2.45, 2.75) is 43.8 Å². The van der Waals surface area contributed by atoms with Crippen molar-refractivity contribution in [1.82, 2.24) is 0 Å². The Bertz CT molecular complexity index is 951. The Kier molecular flexibility index (Phi) is 5.05. The van der Waals surface area contributed by atoms with Crippen molar-refractivity contribution in [3.8, 4) is 0 Å². The van der Waals surface area contributed by atoms with Crippen molar-refractivity contribution in [2.24, 2.45) is 0 Å². The maximum atomic E-state index is 14.8. The van der Waals surface area contributed by atoms with Gasteiger partial charge in [0.2, 0.25) is 0 Å². The summed E-state index contributed by atoms with van der Waals surface area (Å²) in [6, 6.07) is 10.5. The summed E-state index contributed by atoms with van der Waals surface area (Å²) >= 11 is 6.17. The topological polar surface area (TPSA) is 64.6 Å². The van der Waals surface area contributed by atoms with Crippen LogP contribution in [-0.2, 0) is 19.3 Å². The molecule has 0 aromatic heterocycles. The Morgan fingerprint density at radius 2 is 1.56 bits per heavy atom. The van der Waals surface area contributed by atoms with Crippen molar-refractivity contribution >= 4 is 39.9 Å². The van der Waals surface area contributed by atoms with Gasteiger partial charge in [0.05, 0.1) is 26.8 Å². The van der Waals surface area contributed by atoms with Gasteiger partial charge in [-0.3, -0.25) is 4.72 Å². The molecule has 0 amide bonds. The van der Waals surface area contributed by atoms with E-state index in [0.29, 0.717) is 5.46 Å². The normalized spacial score (nSPS) is 18.5. The van der Waals surface area contributed by atoms with Crippen LogP contribution in [0.4, 0.5) is 10.1 Å². The number of anilines is 1. The van der Waals surface area contributed by atoms with E-state index in [9.17, 15) is 12.8 Å². The molecule has 0 unspecified atom stereocenters. The summed E-state index contributed by atoms with van der Waals surface area (Å²) in [5, 5.41) is -0.248. The minimum atomic E-state index is -3.93. The van der Waals surface area contributed by atoms with Gasteiger partial charge in [-0.15, -0.1) is 0 Å². The molecule has 3 rings (SSSR count). The molecule has 0 atom stereocenters. The molecule has 1 aliphatic rings. The molecule has 144 valence electrons. The van der Waals surface area contributed by atoms with Crippen LogP contribution in [0.15, 0.2) is 47.4 Å². The van der Waals surface area contributed by atoms with Crippen LogP contribution in [0.5, 0.6) is 0 Å². The predicted octanol–water partition coefficient (Wildman–Crippen LogP) is 3.58. The largest absolute Gasteiger partial charge is 0.496 e. The maximum absolute atomic E-state index is 14.8. The van der Waals surface area contributed by atoms with Gasteiger partial charge < -0.3 is 9.31 Å². The van der Waals surface area contributed by atoms with Gasteiger partial charge in [0.15, 0.2) is 5.82 Å². The third-order valence-corrected chi connectivity index (χ3v) is 6.68. The lowest BCUT2D eigenvalue weighted by atomic mass is 9.79. The molecule has 1 fully saturated rings. The van der Waals surface area contributed by atoms with Crippen molar-refractivity contribution in [2.75, 3.05) is 4.72 Å². The smallest absolute Gasteiger partial charge is 0.399 e. The second kappa shape index (κ2) is 6.77. The van der Waals surface area contributed by atoms with Gasteiger partial charge in [0.25, 0.3) is 10.0 Å². The maximum Gasteiger partial charge on any atom is 0.496 e. The molecule has 0 aliphatic carbocycles. The van der Waals surface area contributed by atoms with Crippen LogP contribution >= 0.6 is 11.6 Å². The first-order chi connectivity index (χ1) is 12.4. The molecule has 2 aromatic carbocycles. The van der Waals surface area contributed by atoms with Crippen LogP contribution in [0, 0.1) is 5.82 Å². The number of hydrogen-bond donors (Lipinski definition) is 1. The van der Waals surface area contributed by atoms with E-state index >= 15 is 0 Å². The molecule has 1 saturated heterocycles. The Morgan fingerprint density at radius 3 is 2.11 bits per heavy atom. The molecule has 5 nitrogen and oxygen atoms in total. The van der Waals surface area contributed by atoms with Gasteiger partial charge in [-0.2, -0.15) is 0 Å². The average molecular weight is 412 g/mol. The number of rotatable bonds is 4. The van der Waals surface area contributed by atoms with Crippen molar-refractivity contribution in [3.05, 3.63) is 53.3 Å². The highest BCUT2D eigenvalue weighted by molar-refractivity contribution is 7.92. The Morgan fingerprint density at radius 1 is 1.00 bits per heavy atom. The van der Waals surface area contributed by atoms with Gasteiger partial charge in [-0.25, -0.2) is 12.8 Å². The molecule has 27 heavy (non-hydrogen) atoms. The molecule has 0 radical (unpaired) electrons. The minimum Gasteiger partial charge on any atom is -0.399 e. The number of benzene rings is 2. The fourth-order valence-electron chi connectivity index (χ4n) is 2.60. The number of sulfonamides is 1. The molecule has 1 N–H and O–H groups in total. The van der Waals surface area contributed by atoms with E-state index in [0.717, 1.165) is 0 Å². The highest BCUT2D eigenvalue weighted by atomic mass is 35.5. The summed E-state index contributed by atoms with van der Waals surface area (Å²) in [6.07, 6.45) is 0. The van der Waals surface area contributed by atoms with Crippen LogP contribution in [0.25, 0.3) is 0 Å². The highest BCUT2D eigenvalue weighted by Crippen LogP contribution is 2.37. The zero-order chi connectivity index (χ0) is 20.0. The summed E-state index contributed by atoms with van der Waals surface area (Å²) in [7, 11) is -4.78. The van der Waals surface area contributed by atoms with Crippen LogP contribution in [0.1, 0.15) is 27.7 Å². The predicted molar refractivity (Wildman–Crippen MR) is 104 cm³/mol. The quantitative estimate of drug-likeness (QED) is 0.781. The number of hydrogen-bond acceptors (Lipinski definition) is 4. The monoisotopic (exact) mass is 411 g/mol. The summed E-state index contributed by atoms with van der Waals surface area (Å²) in [5.74, 6) is -0.886. The van der Waals surface area contributed by atoms with Gasteiger partial charge in [0, 0.05) is 5.46 Å². The molecule has 9 heteroatoms. The van der Waals surface area contributed by atoms with E-state index in [-0.39, 0.29) is 15.6 Å². The molecule has 0 bridgehead atoms. The van der Waals surface area contributed by atoms with E-state index < -0.39 is 34.2 Å². The van der Waals surface area contributed by atoms with Gasteiger partial charge >= 0.3 is 7.12 Å². The van der Waals surface area contributed by atoms with E-state index in [4.69, 9.17) is 20.9 Å². The molecule has 1 aliphatic heterocycles. The lowest BCUT2D eigenvalue weighted by Gasteiger charge is -2.32. The molecule has 0 spiro atoms. The Hall–Kier alpha value is -1.61. The number of nitrogens with one attached hydrogen (secondary N) is 1. The van der Waals surface area contributed by atoms with Crippen molar-refractivity contribution in [3.63, 3.8) is 0 Å². The third kappa shape index (κ3) is 3.71. The molecular formula is C18H20BClFNO4S. The third-order valence-electron chi connectivity index (χ3n) is 4.92. The zero-order valence-corrected chi connectivity index (χ0v) is 17.0. The first kappa shape index (κ1) is 20.1. The van der Waals surface area contributed by atoms with Crippen LogP contribution in [0.2, 0.25) is 5.02 Å². The van der Waals surface area contributed by atoms with E-state index in [2.05, 4.69) is 4.72 Å². The fourth-order valence-corrected chi connectivity index (χ4v) is 3.93. The fraction of sp³-hybridized carbons (Fsp3) is 0.333. The van der Waals surface area contributed by atoms with E-state index in [1.165, 1.54) is 24.3 Å². The van der Waals surface area contributed by atoms with E-state index in [1.807, 2.05) is 27.7 Å². The van der Waals surface area contributed by atoms with Crippen molar-refractivity contribution < 1.29 is 22.1 Å². The van der Waals surface area contributed by atoms with Crippen LogP contribution in [0.3, 0.4) is 0 Å². The summed E-state index contributed by atoms with van der Waals surface area (Å²) < 4.78 is 53.6. The first-order valence-electron chi connectivity index (χ1n) is 8.36. The second-order valence-electron chi connectivity index (χ2n) is 7.34. The molecule has 2 aromatic rings. The summed E-state index contributed by atoms with van der Waals surface area (Å²) in [4.78, 5) is 0.0237.